The summed E-state index contributed by atoms with van der Waals surface area (Å²) in [5.74, 6) is -0.436. The third kappa shape index (κ3) is 2.01. The second-order valence-corrected chi connectivity index (χ2v) is 6.34. The number of amides is 1. The average molecular weight is 309 g/mol. The van der Waals surface area contributed by atoms with Crippen molar-refractivity contribution in [1.29, 1.82) is 0 Å². The number of nitrogens with zero attached hydrogens (tertiary/aromatic N) is 1. The summed E-state index contributed by atoms with van der Waals surface area (Å²) in [5, 5.41) is 20.5. The summed E-state index contributed by atoms with van der Waals surface area (Å²) >= 11 is 0. The Kier molecular flexibility index (Phi) is 3.61. The molecule has 2 aliphatic heterocycles. The lowest BCUT2D eigenvalue weighted by Crippen LogP contribution is -2.54. The number of aliphatic hydroxyl groups excluding tert-OH is 1. The van der Waals surface area contributed by atoms with E-state index in [4.69, 9.17) is 4.74 Å². The molecule has 6 heteroatoms. The largest absolute Gasteiger partial charge is 0.465 e. The van der Waals surface area contributed by atoms with Crippen LogP contribution in [0.15, 0.2) is 24.3 Å². The number of ether oxygens (including phenoxy) is 1. The maximum absolute atomic E-state index is 13.4. The number of rotatable bonds is 4. The van der Waals surface area contributed by atoms with E-state index in [0.29, 0.717) is 37.9 Å². The minimum absolute atomic E-state index is 0.316. The quantitative estimate of drug-likeness (QED) is 0.897. The molecule has 0 spiro atoms. The molecule has 0 aromatic heterocycles. The fraction of sp³-hybridized carbons (Fsp3) is 0.562. The Morgan fingerprint density at radius 3 is 2.64 bits per heavy atom. The van der Waals surface area contributed by atoms with Gasteiger partial charge in [-0.25, -0.2) is 9.18 Å². The van der Waals surface area contributed by atoms with Crippen LogP contribution in [-0.2, 0) is 4.74 Å². The topological polar surface area (TPSA) is 70.0 Å². The second-order valence-electron chi connectivity index (χ2n) is 6.34. The van der Waals surface area contributed by atoms with Gasteiger partial charge in [0.05, 0.1) is 17.7 Å². The lowest BCUT2D eigenvalue weighted by molar-refractivity contribution is -0.0180. The molecular formula is C16H20FNO4. The van der Waals surface area contributed by atoms with Gasteiger partial charge in [-0.15, -0.1) is 0 Å². The van der Waals surface area contributed by atoms with E-state index >= 15 is 0 Å². The number of carbonyl (C=O) groups is 1. The zero-order valence-corrected chi connectivity index (χ0v) is 12.5. The molecule has 2 heterocycles. The Bertz CT molecular complexity index is 583. The summed E-state index contributed by atoms with van der Waals surface area (Å²) < 4.78 is 18.7. The van der Waals surface area contributed by atoms with Crippen LogP contribution in [0.4, 0.5) is 9.18 Å². The monoisotopic (exact) mass is 309 g/mol. The number of carboxylic acid groups (broad SMARTS) is 1. The van der Waals surface area contributed by atoms with Gasteiger partial charge in [0.25, 0.3) is 0 Å². The SMILES string of the molecule is COCC12CCC(C(O)c3cccc(F)c3)(CC1)N2C(=O)O. The zero-order valence-electron chi connectivity index (χ0n) is 12.5. The Morgan fingerprint density at radius 2 is 2.09 bits per heavy atom. The zero-order chi connectivity index (χ0) is 16.0. The van der Waals surface area contributed by atoms with Gasteiger partial charge < -0.3 is 14.9 Å². The van der Waals surface area contributed by atoms with Gasteiger partial charge in [0, 0.05) is 7.11 Å². The van der Waals surface area contributed by atoms with E-state index in [1.165, 1.54) is 23.1 Å². The van der Waals surface area contributed by atoms with Gasteiger partial charge in [0.15, 0.2) is 0 Å². The first-order chi connectivity index (χ1) is 10.4. The summed E-state index contributed by atoms with van der Waals surface area (Å²) in [4.78, 5) is 13.2. The van der Waals surface area contributed by atoms with Crippen molar-refractivity contribution in [3.05, 3.63) is 35.6 Å². The van der Waals surface area contributed by atoms with Crippen molar-refractivity contribution >= 4 is 6.09 Å². The summed E-state index contributed by atoms with van der Waals surface area (Å²) in [7, 11) is 1.55. The molecule has 1 amide bonds. The Morgan fingerprint density at radius 1 is 1.41 bits per heavy atom. The van der Waals surface area contributed by atoms with Gasteiger partial charge in [0.2, 0.25) is 0 Å². The fourth-order valence-electron chi connectivity index (χ4n) is 4.32. The molecule has 1 unspecified atom stereocenters. The van der Waals surface area contributed by atoms with Gasteiger partial charge in [-0.1, -0.05) is 12.1 Å². The molecule has 2 aliphatic rings. The summed E-state index contributed by atoms with van der Waals surface area (Å²) in [6.45, 7) is 0.316. The standard InChI is InChI=1S/C16H20FNO4/c1-22-10-15-5-7-16(8-6-15,18(15)14(20)21)13(19)11-3-2-4-12(17)9-11/h2-4,9,13,19H,5-8,10H2,1H3,(H,20,21). The van der Waals surface area contributed by atoms with Gasteiger partial charge in [-0.05, 0) is 43.4 Å². The minimum atomic E-state index is -1.05. The lowest BCUT2D eigenvalue weighted by atomic mass is 9.77. The van der Waals surface area contributed by atoms with Crippen LogP contribution in [0.2, 0.25) is 0 Å². The first-order valence-electron chi connectivity index (χ1n) is 7.41. The first kappa shape index (κ1) is 15.2. The van der Waals surface area contributed by atoms with Crippen molar-refractivity contribution in [2.24, 2.45) is 0 Å². The smallest absolute Gasteiger partial charge is 0.408 e. The average Bonchev–Trinajstić information content (AvgIpc) is 2.98. The maximum atomic E-state index is 13.4. The molecule has 22 heavy (non-hydrogen) atoms. The predicted molar refractivity (Wildman–Crippen MR) is 77.0 cm³/mol. The number of halogens is 1. The molecule has 0 saturated carbocycles. The highest BCUT2D eigenvalue weighted by molar-refractivity contribution is 5.69. The molecular weight excluding hydrogens is 289 g/mol. The van der Waals surface area contributed by atoms with Crippen LogP contribution in [0.25, 0.3) is 0 Å². The number of fused-ring (bicyclic) bond motifs is 2. The van der Waals surface area contributed by atoms with E-state index in [1.54, 1.807) is 13.2 Å². The Labute approximate surface area is 128 Å². The van der Waals surface area contributed by atoms with Crippen molar-refractivity contribution in [1.82, 2.24) is 4.90 Å². The molecule has 2 fully saturated rings. The molecule has 120 valence electrons. The van der Waals surface area contributed by atoms with Crippen LogP contribution in [0.5, 0.6) is 0 Å². The van der Waals surface area contributed by atoms with Crippen LogP contribution in [0.1, 0.15) is 37.4 Å². The summed E-state index contributed by atoms with van der Waals surface area (Å²) in [6.07, 6.45) is 0.322. The number of hydrogen-bond acceptors (Lipinski definition) is 3. The lowest BCUT2D eigenvalue weighted by Gasteiger charge is -2.40. The molecule has 5 nitrogen and oxygen atoms in total. The van der Waals surface area contributed by atoms with Gasteiger partial charge in [0.1, 0.15) is 11.9 Å². The molecule has 2 N–H and O–H groups in total. The predicted octanol–water partition coefficient (Wildman–Crippen LogP) is 2.55. The van der Waals surface area contributed by atoms with Gasteiger partial charge in [-0.3, -0.25) is 4.90 Å². The summed E-state index contributed by atoms with van der Waals surface area (Å²) in [5.41, 5.74) is -1.05. The van der Waals surface area contributed by atoms with Crippen molar-refractivity contribution in [3.8, 4) is 0 Å². The van der Waals surface area contributed by atoms with Crippen LogP contribution < -0.4 is 0 Å². The van der Waals surface area contributed by atoms with Crippen molar-refractivity contribution in [2.45, 2.75) is 42.9 Å². The molecule has 1 atom stereocenters. The van der Waals surface area contributed by atoms with Crippen LogP contribution >= 0.6 is 0 Å². The first-order valence-corrected chi connectivity index (χ1v) is 7.41. The number of hydrogen-bond donors (Lipinski definition) is 2. The van der Waals surface area contributed by atoms with E-state index < -0.39 is 29.1 Å². The van der Waals surface area contributed by atoms with Crippen LogP contribution in [0.3, 0.4) is 0 Å². The van der Waals surface area contributed by atoms with Gasteiger partial charge >= 0.3 is 6.09 Å². The highest BCUT2D eigenvalue weighted by Crippen LogP contribution is 2.58. The number of methoxy groups -OCH3 is 1. The van der Waals surface area contributed by atoms with E-state index in [2.05, 4.69) is 0 Å². The Balaban J connectivity index is 2.00. The minimum Gasteiger partial charge on any atom is -0.465 e. The Hall–Kier alpha value is -1.66. The molecule has 0 radical (unpaired) electrons. The number of aliphatic hydroxyl groups is 1. The van der Waals surface area contributed by atoms with E-state index in [9.17, 15) is 19.4 Å². The van der Waals surface area contributed by atoms with Crippen molar-refractivity contribution in [2.75, 3.05) is 13.7 Å². The van der Waals surface area contributed by atoms with E-state index in [1.807, 2.05) is 0 Å². The highest BCUT2D eigenvalue weighted by Gasteiger charge is 2.65. The van der Waals surface area contributed by atoms with Crippen LogP contribution in [-0.4, -0.2) is 46.0 Å². The maximum Gasteiger partial charge on any atom is 0.408 e. The molecule has 0 aliphatic carbocycles. The van der Waals surface area contributed by atoms with E-state index in [-0.39, 0.29) is 0 Å². The molecule has 1 aromatic carbocycles. The molecule has 3 rings (SSSR count). The second kappa shape index (κ2) is 5.21. The van der Waals surface area contributed by atoms with Gasteiger partial charge in [-0.2, -0.15) is 0 Å². The third-order valence-corrected chi connectivity index (χ3v) is 5.24. The molecule has 1 aromatic rings. The van der Waals surface area contributed by atoms with Crippen molar-refractivity contribution < 1.29 is 24.1 Å². The molecule has 2 saturated heterocycles. The van der Waals surface area contributed by atoms with Crippen molar-refractivity contribution in [3.63, 3.8) is 0 Å². The fourth-order valence-corrected chi connectivity index (χ4v) is 4.32. The van der Waals surface area contributed by atoms with E-state index in [0.717, 1.165) is 0 Å². The normalized spacial score (nSPS) is 31.5. The number of benzene rings is 1. The third-order valence-electron chi connectivity index (χ3n) is 5.24. The summed E-state index contributed by atoms with van der Waals surface area (Å²) in [6, 6.07) is 5.74. The van der Waals surface area contributed by atoms with Crippen LogP contribution in [0, 0.1) is 5.82 Å². The molecule has 2 bridgehead atoms. The highest BCUT2D eigenvalue weighted by atomic mass is 19.1.